The van der Waals surface area contributed by atoms with Gasteiger partial charge in [-0.05, 0) is 30.2 Å². The lowest BCUT2D eigenvalue weighted by atomic mass is 9.82. The molecule has 1 aromatic carbocycles. The third kappa shape index (κ3) is 2.40. The molecular formula is C20H25NO4. The Balaban J connectivity index is 1.67. The van der Waals surface area contributed by atoms with Gasteiger partial charge in [-0.3, -0.25) is 4.79 Å². The van der Waals surface area contributed by atoms with Crippen molar-refractivity contribution in [2.75, 3.05) is 13.2 Å². The van der Waals surface area contributed by atoms with Crippen molar-refractivity contribution in [3.63, 3.8) is 0 Å². The summed E-state index contributed by atoms with van der Waals surface area (Å²) < 4.78 is 5.32. The molecule has 0 aromatic heterocycles. The molecule has 25 heavy (non-hydrogen) atoms. The van der Waals surface area contributed by atoms with Crippen molar-refractivity contribution < 1.29 is 19.4 Å². The van der Waals surface area contributed by atoms with E-state index in [0.29, 0.717) is 26.1 Å². The Hall–Kier alpha value is -1.88. The van der Waals surface area contributed by atoms with Crippen LogP contribution >= 0.6 is 0 Å². The topological polar surface area (TPSA) is 75.6 Å². The molecule has 1 aliphatic heterocycles. The van der Waals surface area contributed by atoms with E-state index in [1.54, 1.807) is 0 Å². The Kier molecular flexibility index (Phi) is 3.87. The number of hydrogen-bond donors (Lipinski definition) is 2. The quantitative estimate of drug-likeness (QED) is 0.881. The van der Waals surface area contributed by atoms with Crippen molar-refractivity contribution in [1.82, 2.24) is 5.32 Å². The Morgan fingerprint density at radius 3 is 2.24 bits per heavy atom. The Morgan fingerprint density at radius 2 is 1.64 bits per heavy atom. The molecule has 1 atom stereocenters. The van der Waals surface area contributed by atoms with Gasteiger partial charge in [0.1, 0.15) is 5.54 Å². The van der Waals surface area contributed by atoms with Gasteiger partial charge >= 0.3 is 5.97 Å². The first-order valence-electron chi connectivity index (χ1n) is 9.24. The molecule has 2 aliphatic carbocycles. The fraction of sp³-hybridized carbons (Fsp3) is 0.600. The van der Waals surface area contributed by atoms with E-state index in [0.717, 1.165) is 37.7 Å². The van der Waals surface area contributed by atoms with Crippen LogP contribution in [0, 0.1) is 5.41 Å². The van der Waals surface area contributed by atoms with Gasteiger partial charge in [0.15, 0.2) is 0 Å². The predicted molar refractivity (Wildman–Crippen MR) is 92.2 cm³/mol. The molecule has 0 unspecified atom stereocenters. The molecule has 2 N–H and O–H groups in total. The van der Waals surface area contributed by atoms with Crippen molar-refractivity contribution in [2.24, 2.45) is 5.41 Å². The Morgan fingerprint density at radius 1 is 1.00 bits per heavy atom. The number of carboxylic acid groups (broad SMARTS) is 1. The van der Waals surface area contributed by atoms with Crippen LogP contribution in [0.15, 0.2) is 30.3 Å². The fourth-order valence-corrected chi connectivity index (χ4v) is 5.14. The zero-order chi connectivity index (χ0) is 17.5. The summed E-state index contributed by atoms with van der Waals surface area (Å²) in [7, 11) is 0. The fourth-order valence-electron chi connectivity index (χ4n) is 5.14. The molecule has 1 saturated heterocycles. The van der Waals surface area contributed by atoms with Crippen LogP contribution in [0.1, 0.15) is 50.5 Å². The van der Waals surface area contributed by atoms with Crippen LogP contribution in [0.2, 0.25) is 0 Å². The van der Waals surface area contributed by atoms with E-state index in [-0.39, 0.29) is 11.3 Å². The van der Waals surface area contributed by atoms with E-state index in [1.807, 2.05) is 30.3 Å². The Labute approximate surface area is 147 Å². The summed E-state index contributed by atoms with van der Waals surface area (Å²) >= 11 is 0. The second-order valence-corrected chi connectivity index (χ2v) is 7.89. The smallest absolute Gasteiger partial charge is 0.329 e. The van der Waals surface area contributed by atoms with Gasteiger partial charge in [0.25, 0.3) is 0 Å². The molecule has 5 heteroatoms. The van der Waals surface area contributed by atoms with Gasteiger partial charge in [0.05, 0.1) is 5.41 Å². The van der Waals surface area contributed by atoms with Crippen LogP contribution in [-0.2, 0) is 19.7 Å². The standard InChI is InChI=1S/C20H25NO4/c22-16(21-19(17(23)24)10-12-25-13-11-19)20(15-6-2-1-3-7-15)14-18(20)8-4-5-9-18/h1-3,6-7H,4-5,8-14H2,(H,21,22)(H,23,24)/t20-/m0/s1. The lowest BCUT2D eigenvalue weighted by Gasteiger charge is -2.36. The van der Waals surface area contributed by atoms with E-state index in [2.05, 4.69) is 5.32 Å². The summed E-state index contributed by atoms with van der Waals surface area (Å²) in [6, 6.07) is 9.92. The molecule has 5 nitrogen and oxygen atoms in total. The summed E-state index contributed by atoms with van der Waals surface area (Å²) in [5, 5.41) is 12.7. The number of aliphatic carboxylic acids is 1. The van der Waals surface area contributed by atoms with Crippen molar-refractivity contribution >= 4 is 11.9 Å². The number of carboxylic acids is 1. The van der Waals surface area contributed by atoms with Crippen LogP contribution in [0.25, 0.3) is 0 Å². The van der Waals surface area contributed by atoms with Crippen molar-refractivity contribution in [3.8, 4) is 0 Å². The minimum Gasteiger partial charge on any atom is -0.480 e. The molecule has 0 bridgehead atoms. The zero-order valence-corrected chi connectivity index (χ0v) is 14.4. The van der Waals surface area contributed by atoms with E-state index in [9.17, 15) is 14.7 Å². The molecule has 3 fully saturated rings. The molecule has 1 amide bonds. The average molecular weight is 343 g/mol. The maximum Gasteiger partial charge on any atom is 0.329 e. The first-order valence-corrected chi connectivity index (χ1v) is 9.24. The first kappa shape index (κ1) is 16.6. The van der Waals surface area contributed by atoms with Gasteiger partial charge in [-0.2, -0.15) is 0 Å². The van der Waals surface area contributed by atoms with Gasteiger partial charge in [0.2, 0.25) is 5.91 Å². The number of carbonyl (C=O) groups is 2. The normalized spacial score (nSPS) is 29.3. The number of ether oxygens (including phenoxy) is 1. The highest BCUT2D eigenvalue weighted by atomic mass is 16.5. The number of carbonyl (C=O) groups excluding carboxylic acids is 1. The minimum atomic E-state index is -1.19. The highest BCUT2D eigenvalue weighted by Gasteiger charge is 2.72. The van der Waals surface area contributed by atoms with Crippen LogP contribution in [-0.4, -0.2) is 35.7 Å². The summed E-state index contributed by atoms with van der Waals surface area (Å²) in [4.78, 5) is 25.4. The maximum absolute atomic E-state index is 13.5. The van der Waals surface area contributed by atoms with E-state index in [4.69, 9.17) is 4.74 Å². The zero-order valence-electron chi connectivity index (χ0n) is 14.4. The number of hydrogen-bond acceptors (Lipinski definition) is 3. The van der Waals surface area contributed by atoms with Gasteiger partial charge in [-0.25, -0.2) is 4.79 Å². The third-order valence-electron chi connectivity index (χ3n) is 6.71. The lowest BCUT2D eigenvalue weighted by Crippen LogP contribution is -2.60. The average Bonchev–Trinajstić information content (AvgIpc) is 3.04. The van der Waals surface area contributed by atoms with Crippen LogP contribution in [0.3, 0.4) is 0 Å². The highest BCUT2D eigenvalue weighted by Crippen LogP contribution is 2.72. The molecule has 2 saturated carbocycles. The third-order valence-corrected chi connectivity index (χ3v) is 6.71. The summed E-state index contributed by atoms with van der Waals surface area (Å²) in [5.74, 6) is -1.06. The van der Waals surface area contributed by atoms with Gasteiger partial charge in [-0.15, -0.1) is 0 Å². The molecule has 1 spiro atoms. The Bertz CT molecular complexity index is 674. The van der Waals surface area contributed by atoms with Crippen LogP contribution < -0.4 is 5.32 Å². The summed E-state index contributed by atoms with van der Waals surface area (Å²) in [6.07, 6.45) is 5.90. The molecule has 134 valence electrons. The number of amides is 1. The van der Waals surface area contributed by atoms with Gasteiger partial charge in [-0.1, -0.05) is 43.2 Å². The molecule has 4 rings (SSSR count). The summed E-state index contributed by atoms with van der Waals surface area (Å²) in [5.41, 5.74) is -0.712. The van der Waals surface area contributed by atoms with Crippen molar-refractivity contribution in [3.05, 3.63) is 35.9 Å². The minimum absolute atomic E-state index is 0.0172. The number of benzene rings is 1. The second kappa shape index (κ2) is 5.84. The monoisotopic (exact) mass is 343 g/mol. The molecule has 3 aliphatic rings. The largest absolute Gasteiger partial charge is 0.480 e. The van der Waals surface area contributed by atoms with Crippen LogP contribution in [0.5, 0.6) is 0 Å². The van der Waals surface area contributed by atoms with E-state index < -0.39 is 16.9 Å². The van der Waals surface area contributed by atoms with Crippen molar-refractivity contribution in [1.29, 1.82) is 0 Å². The maximum atomic E-state index is 13.5. The molecule has 0 radical (unpaired) electrons. The second-order valence-electron chi connectivity index (χ2n) is 7.89. The van der Waals surface area contributed by atoms with E-state index in [1.165, 1.54) is 0 Å². The lowest BCUT2D eigenvalue weighted by molar-refractivity contribution is -0.152. The summed E-state index contributed by atoms with van der Waals surface area (Å²) in [6.45, 7) is 0.742. The van der Waals surface area contributed by atoms with E-state index >= 15 is 0 Å². The molecule has 1 aromatic rings. The molecule has 1 heterocycles. The first-order chi connectivity index (χ1) is 12.0. The predicted octanol–water partition coefficient (Wildman–Crippen LogP) is 2.64. The van der Waals surface area contributed by atoms with Gasteiger partial charge < -0.3 is 15.2 Å². The number of nitrogens with one attached hydrogen (secondary N) is 1. The molecular weight excluding hydrogens is 318 g/mol. The SMILES string of the molecule is O=C(O)C1(NC(=O)[C@@]2(c3ccccc3)CC23CCCC3)CCOCC1. The number of rotatable bonds is 4. The van der Waals surface area contributed by atoms with Crippen LogP contribution in [0.4, 0.5) is 0 Å². The highest BCUT2D eigenvalue weighted by molar-refractivity contribution is 5.97. The van der Waals surface area contributed by atoms with Gasteiger partial charge in [0, 0.05) is 26.1 Å². The van der Waals surface area contributed by atoms with Crippen molar-refractivity contribution in [2.45, 2.75) is 55.9 Å².